The molecule has 0 fully saturated rings. The van der Waals surface area contributed by atoms with E-state index in [0.29, 0.717) is 29.8 Å². The van der Waals surface area contributed by atoms with Crippen molar-refractivity contribution in [2.75, 3.05) is 11.9 Å². The molecule has 164 valence electrons. The predicted octanol–water partition coefficient (Wildman–Crippen LogP) is 5.66. The number of aromatic nitrogens is 3. The fraction of sp³-hybridized carbons (Fsp3) is 0.320. The van der Waals surface area contributed by atoms with Crippen molar-refractivity contribution in [1.29, 1.82) is 0 Å². The summed E-state index contributed by atoms with van der Waals surface area (Å²) < 4.78 is 7.44. The van der Waals surface area contributed by atoms with Crippen molar-refractivity contribution in [3.63, 3.8) is 0 Å². The Hall–Kier alpha value is -3.12. The monoisotopic (exact) mass is 448 g/mol. The Balaban J connectivity index is 1.63. The largest absolute Gasteiger partial charge is 0.494 e. The lowest BCUT2D eigenvalue weighted by Crippen LogP contribution is -2.36. The summed E-state index contributed by atoms with van der Waals surface area (Å²) in [5, 5.41) is 8.89. The summed E-state index contributed by atoms with van der Waals surface area (Å²) in [6, 6.07) is 15.0. The zero-order valence-corrected chi connectivity index (χ0v) is 19.1. The van der Waals surface area contributed by atoms with Gasteiger partial charge in [0.25, 0.3) is 0 Å². The summed E-state index contributed by atoms with van der Waals surface area (Å²) >= 11 is 6.05. The molecule has 0 bridgehead atoms. The molecule has 1 atom stereocenters. The van der Waals surface area contributed by atoms with Crippen LogP contribution in [0.4, 0.5) is 5.95 Å². The standard InChI is InChI=1S/C25H25ClN4O2/c1-4-32-18-11-7-15(8-12-18)22-21-19(13-25(2,3)14-20(21)31)27-24-28-23(29-30(22)24)16-5-9-17(26)10-6-16/h5-12,22H,4,13-14H2,1-3H3,(H,27,28,29). The Morgan fingerprint density at radius 1 is 1.12 bits per heavy atom. The molecule has 1 unspecified atom stereocenters. The third-order valence-corrected chi connectivity index (χ3v) is 6.19. The molecule has 2 aliphatic rings. The summed E-state index contributed by atoms with van der Waals surface area (Å²) in [6.07, 6.45) is 1.29. The number of carbonyl (C=O) groups is 1. The number of hydrogen-bond donors (Lipinski definition) is 1. The molecule has 0 radical (unpaired) electrons. The smallest absolute Gasteiger partial charge is 0.226 e. The van der Waals surface area contributed by atoms with Gasteiger partial charge in [0.05, 0.1) is 6.61 Å². The zero-order chi connectivity index (χ0) is 22.5. The van der Waals surface area contributed by atoms with Crippen molar-refractivity contribution in [1.82, 2.24) is 14.8 Å². The highest BCUT2D eigenvalue weighted by atomic mass is 35.5. The van der Waals surface area contributed by atoms with E-state index in [0.717, 1.165) is 34.6 Å². The SMILES string of the molecule is CCOc1ccc(C2C3=C(CC(C)(C)CC3=O)Nc3nc(-c4ccc(Cl)cc4)nn32)cc1. The summed E-state index contributed by atoms with van der Waals surface area (Å²) in [5.41, 5.74) is 3.45. The van der Waals surface area contributed by atoms with E-state index in [4.69, 9.17) is 26.4 Å². The predicted molar refractivity (Wildman–Crippen MR) is 125 cm³/mol. The zero-order valence-electron chi connectivity index (χ0n) is 18.4. The third-order valence-electron chi connectivity index (χ3n) is 5.94. The molecule has 1 aliphatic heterocycles. The van der Waals surface area contributed by atoms with Crippen LogP contribution in [0.3, 0.4) is 0 Å². The quantitative estimate of drug-likeness (QED) is 0.558. The van der Waals surface area contributed by atoms with E-state index >= 15 is 0 Å². The Labute approximate surface area is 192 Å². The van der Waals surface area contributed by atoms with Crippen LogP contribution >= 0.6 is 11.6 Å². The van der Waals surface area contributed by atoms with Gasteiger partial charge in [0.1, 0.15) is 11.8 Å². The van der Waals surface area contributed by atoms with E-state index in [9.17, 15) is 4.79 Å². The van der Waals surface area contributed by atoms with Crippen LogP contribution in [0.2, 0.25) is 5.02 Å². The summed E-state index contributed by atoms with van der Waals surface area (Å²) in [5.74, 6) is 2.18. The molecule has 1 N–H and O–H groups in total. The van der Waals surface area contributed by atoms with Crippen LogP contribution in [0.1, 0.15) is 45.2 Å². The van der Waals surface area contributed by atoms with Gasteiger partial charge in [-0.3, -0.25) is 4.79 Å². The average Bonchev–Trinajstić information content (AvgIpc) is 3.16. The van der Waals surface area contributed by atoms with Crippen LogP contribution in [-0.2, 0) is 4.79 Å². The van der Waals surface area contributed by atoms with Crippen LogP contribution in [0.25, 0.3) is 11.4 Å². The number of benzene rings is 2. The molecule has 5 rings (SSSR count). The Morgan fingerprint density at radius 3 is 2.53 bits per heavy atom. The van der Waals surface area contributed by atoms with Gasteiger partial charge in [-0.15, -0.1) is 5.10 Å². The number of rotatable bonds is 4. The number of anilines is 1. The van der Waals surface area contributed by atoms with Gasteiger partial charge in [-0.1, -0.05) is 37.6 Å². The lowest BCUT2D eigenvalue weighted by atomic mass is 9.73. The number of carbonyl (C=O) groups excluding carboxylic acids is 1. The van der Waals surface area contributed by atoms with Gasteiger partial charge in [0.2, 0.25) is 5.95 Å². The van der Waals surface area contributed by atoms with Crippen molar-refractivity contribution in [2.24, 2.45) is 5.41 Å². The van der Waals surface area contributed by atoms with Gasteiger partial charge in [-0.2, -0.15) is 4.98 Å². The van der Waals surface area contributed by atoms with E-state index in [-0.39, 0.29) is 17.2 Å². The van der Waals surface area contributed by atoms with E-state index in [1.807, 2.05) is 60.1 Å². The van der Waals surface area contributed by atoms with E-state index in [2.05, 4.69) is 19.2 Å². The number of nitrogens with zero attached hydrogens (tertiary/aromatic N) is 3. The summed E-state index contributed by atoms with van der Waals surface area (Å²) in [7, 11) is 0. The molecule has 0 amide bonds. The molecular weight excluding hydrogens is 424 g/mol. The van der Waals surface area contributed by atoms with Crippen molar-refractivity contribution in [2.45, 2.75) is 39.7 Å². The molecule has 3 aromatic rings. The number of allylic oxidation sites excluding steroid dienone is 2. The second kappa shape index (κ2) is 7.78. The van der Waals surface area contributed by atoms with E-state index in [1.165, 1.54) is 0 Å². The highest BCUT2D eigenvalue weighted by molar-refractivity contribution is 6.30. The third kappa shape index (κ3) is 3.69. The first-order chi connectivity index (χ1) is 15.3. The molecule has 7 heteroatoms. The van der Waals surface area contributed by atoms with Crippen molar-refractivity contribution in [3.8, 4) is 17.1 Å². The first-order valence-electron chi connectivity index (χ1n) is 10.8. The number of ether oxygens (including phenoxy) is 1. The van der Waals surface area contributed by atoms with Gasteiger partial charge in [0.15, 0.2) is 11.6 Å². The lowest BCUT2D eigenvalue weighted by Gasteiger charge is -2.38. The molecular formula is C25H25ClN4O2. The number of hydrogen-bond acceptors (Lipinski definition) is 5. The second-order valence-corrected chi connectivity index (χ2v) is 9.51. The summed E-state index contributed by atoms with van der Waals surface area (Å²) in [6.45, 7) is 6.81. The molecule has 6 nitrogen and oxygen atoms in total. The Morgan fingerprint density at radius 2 is 1.84 bits per heavy atom. The minimum Gasteiger partial charge on any atom is -0.494 e. The van der Waals surface area contributed by atoms with Gasteiger partial charge < -0.3 is 10.1 Å². The highest BCUT2D eigenvalue weighted by Gasteiger charge is 2.41. The van der Waals surface area contributed by atoms with Crippen molar-refractivity contribution in [3.05, 3.63) is 70.4 Å². The minimum absolute atomic E-state index is 0.104. The van der Waals surface area contributed by atoms with Crippen LogP contribution in [0.5, 0.6) is 5.75 Å². The minimum atomic E-state index is -0.339. The van der Waals surface area contributed by atoms with E-state index < -0.39 is 0 Å². The maximum atomic E-state index is 13.3. The van der Waals surface area contributed by atoms with Crippen molar-refractivity contribution >= 4 is 23.3 Å². The number of nitrogens with one attached hydrogen (secondary N) is 1. The molecule has 0 saturated carbocycles. The van der Waals surface area contributed by atoms with Crippen LogP contribution in [-0.4, -0.2) is 27.2 Å². The van der Waals surface area contributed by atoms with Gasteiger partial charge in [-0.05, 0) is 60.7 Å². The summed E-state index contributed by atoms with van der Waals surface area (Å²) in [4.78, 5) is 18.1. The number of ketones is 1. The topological polar surface area (TPSA) is 69.0 Å². The molecule has 1 aromatic heterocycles. The fourth-order valence-corrected chi connectivity index (χ4v) is 4.68. The molecule has 32 heavy (non-hydrogen) atoms. The first kappa shape index (κ1) is 20.8. The fourth-order valence-electron chi connectivity index (χ4n) is 4.55. The highest BCUT2D eigenvalue weighted by Crippen LogP contribution is 2.45. The maximum absolute atomic E-state index is 13.3. The molecule has 1 aliphatic carbocycles. The number of fused-ring (bicyclic) bond motifs is 1. The Kier molecular flexibility index (Phi) is 5.05. The van der Waals surface area contributed by atoms with Crippen LogP contribution in [0.15, 0.2) is 59.8 Å². The van der Waals surface area contributed by atoms with Crippen LogP contribution < -0.4 is 10.1 Å². The molecule has 2 aromatic carbocycles. The van der Waals surface area contributed by atoms with Gasteiger partial charge in [0, 0.05) is 28.3 Å². The molecule has 0 spiro atoms. The van der Waals surface area contributed by atoms with Crippen LogP contribution in [0, 0.1) is 5.41 Å². The van der Waals surface area contributed by atoms with E-state index in [1.54, 1.807) is 0 Å². The number of Topliss-reactive ketones (excluding diaryl/α,β-unsaturated/α-hetero) is 1. The lowest BCUT2D eigenvalue weighted by molar-refractivity contribution is -0.118. The second-order valence-electron chi connectivity index (χ2n) is 9.07. The average molecular weight is 449 g/mol. The van der Waals surface area contributed by atoms with Gasteiger partial charge in [-0.25, -0.2) is 4.68 Å². The Bertz CT molecular complexity index is 1210. The first-order valence-corrected chi connectivity index (χ1v) is 11.2. The van der Waals surface area contributed by atoms with Gasteiger partial charge >= 0.3 is 0 Å². The van der Waals surface area contributed by atoms with Crippen molar-refractivity contribution < 1.29 is 9.53 Å². The number of halogens is 1. The molecule has 2 heterocycles. The molecule has 0 saturated heterocycles. The maximum Gasteiger partial charge on any atom is 0.226 e. The normalized spacial score (nSPS) is 19.2.